The summed E-state index contributed by atoms with van der Waals surface area (Å²) in [5, 5.41) is 7.99. The summed E-state index contributed by atoms with van der Waals surface area (Å²) in [6.45, 7) is 3.69. The normalized spacial score (nSPS) is 18.2. The molecule has 0 spiro atoms. The quantitative estimate of drug-likeness (QED) is 0.842. The summed E-state index contributed by atoms with van der Waals surface area (Å²) in [6, 6.07) is 10.6. The minimum absolute atomic E-state index is 0.0905. The second kappa shape index (κ2) is 8.33. The summed E-state index contributed by atoms with van der Waals surface area (Å²) in [5.41, 5.74) is 0.965. The lowest BCUT2D eigenvalue weighted by atomic mass is 10.0. The zero-order chi connectivity index (χ0) is 18.5. The number of methoxy groups -OCH3 is 1. The molecule has 2 heterocycles. The smallest absolute Gasteiger partial charge is 0.261 e. The van der Waals surface area contributed by atoms with Gasteiger partial charge in [0.25, 0.3) is 5.91 Å². The Balaban J connectivity index is 1.76. The van der Waals surface area contributed by atoms with Crippen molar-refractivity contribution < 1.29 is 14.3 Å². The van der Waals surface area contributed by atoms with E-state index in [0.717, 1.165) is 17.9 Å². The Morgan fingerprint density at radius 2 is 2.12 bits per heavy atom. The average Bonchev–Trinajstić information content (AvgIpc) is 3.22. The molecule has 2 amide bonds. The van der Waals surface area contributed by atoms with E-state index >= 15 is 0 Å². The van der Waals surface area contributed by atoms with Crippen LogP contribution >= 0.6 is 11.3 Å². The SMILES string of the molecule is COc1ccccc1C1CNCCN1C(=O)C(C)NC(=O)c1cccs1. The van der Waals surface area contributed by atoms with Crippen LogP contribution in [0.1, 0.15) is 28.2 Å². The van der Waals surface area contributed by atoms with Crippen LogP contribution in [0.2, 0.25) is 0 Å². The van der Waals surface area contributed by atoms with Gasteiger partial charge in [0, 0.05) is 25.2 Å². The molecule has 1 aromatic carbocycles. The highest BCUT2D eigenvalue weighted by molar-refractivity contribution is 7.12. The fraction of sp³-hybridized carbons (Fsp3) is 0.368. The third kappa shape index (κ3) is 3.89. The maximum atomic E-state index is 13.0. The molecule has 1 fully saturated rings. The monoisotopic (exact) mass is 373 g/mol. The standard InChI is InChI=1S/C19H23N3O3S/c1-13(21-18(23)17-8-5-11-26-17)19(24)22-10-9-20-12-15(22)14-6-3-4-7-16(14)25-2/h3-8,11,13,15,20H,9-10,12H2,1-2H3,(H,21,23). The molecule has 3 rings (SSSR count). The van der Waals surface area contributed by atoms with Crippen molar-refractivity contribution >= 4 is 23.2 Å². The molecule has 0 bridgehead atoms. The van der Waals surface area contributed by atoms with Crippen molar-refractivity contribution in [2.75, 3.05) is 26.7 Å². The Morgan fingerprint density at radius 3 is 2.85 bits per heavy atom. The number of ether oxygens (including phenoxy) is 1. The van der Waals surface area contributed by atoms with Gasteiger partial charge in [0.2, 0.25) is 5.91 Å². The first kappa shape index (κ1) is 18.4. The Kier molecular flexibility index (Phi) is 5.90. The van der Waals surface area contributed by atoms with Crippen LogP contribution in [0.15, 0.2) is 41.8 Å². The number of rotatable bonds is 5. The van der Waals surface area contributed by atoms with E-state index in [1.54, 1.807) is 20.1 Å². The Morgan fingerprint density at radius 1 is 1.31 bits per heavy atom. The van der Waals surface area contributed by atoms with Gasteiger partial charge in [-0.1, -0.05) is 24.3 Å². The molecule has 2 unspecified atom stereocenters. The van der Waals surface area contributed by atoms with E-state index in [9.17, 15) is 9.59 Å². The molecule has 26 heavy (non-hydrogen) atoms. The largest absolute Gasteiger partial charge is 0.496 e. The Hall–Kier alpha value is -2.38. The molecule has 138 valence electrons. The van der Waals surface area contributed by atoms with Crippen LogP contribution in [0.25, 0.3) is 0 Å². The lowest BCUT2D eigenvalue weighted by Crippen LogP contribution is -2.54. The fourth-order valence-corrected chi connectivity index (χ4v) is 3.80. The number of hydrogen-bond acceptors (Lipinski definition) is 5. The predicted octanol–water partition coefficient (Wildman–Crippen LogP) is 2.05. The number of amides is 2. The molecule has 0 saturated carbocycles. The van der Waals surface area contributed by atoms with Crippen LogP contribution in [-0.4, -0.2) is 49.5 Å². The number of benzene rings is 1. The van der Waals surface area contributed by atoms with Crippen LogP contribution < -0.4 is 15.4 Å². The molecule has 1 aliphatic heterocycles. The van der Waals surface area contributed by atoms with Gasteiger partial charge in [-0.25, -0.2) is 0 Å². The molecular weight excluding hydrogens is 350 g/mol. The molecule has 1 saturated heterocycles. The summed E-state index contributed by atoms with van der Waals surface area (Å²) < 4.78 is 5.47. The van der Waals surface area contributed by atoms with Crippen molar-refractivity contribution in [3.05, 3.63) is 52.2 Å². The van der Waals surface area contributed by atoms with Gasteiger partial charge < -0.3 is 20.3 Å². The van der Waals surface area contributed by atoms with E-state index in [1.165, 1.54) is 11.3 Å². The van der Waals surface area contributed by atoms with Crippen LogP contribution in [-0.2, 0) is 4.79 Å². The van der Waals surface area contributed by atoms with Gasteiger partial charge in [0.15, 0.2) is 0 Å². The van der Waals surface area contributed by atoms with Crippen LogP contribution in [0.4, 0.5) is 0 Å². The highest BCUT2D eigenvalue weighted by Crippen LogP contribution is 2.30. The molecule has 0 radical (unpaired) electrons. The molecule has 1 aromatic heterocycles. The first-order valence-corrected chi connectivity index (χ1v) is 9.48. The second-order valence-corrected chi connectivity index (χ2v) is 7.11. The zero-order valence-electron chi connectivity index (χ0n) is 14.9. The highest BCUT2D eigenvalue weighted by atomic mass is 32.1. The minimum Gasteiger partial charge on any atom is -0.496 e. The molecule has 1 aliphatic rings. The van der Waals surface area contributed by atoms with Gasteiger partial charge >= 0.3 is 0 Å². The maximum Gasteiger partial charge on any atom is 0.261 e. The van der Waals surface area contributed by atoms with Crippen molar-refractivity contribution in [3.8, 4) is 5.75 Å². The second-order valence-electron chi connectivity index (χ2n) is 6.17. The fourth-order valence-electron chi connectivity index (χ4n) is 3.17. The topological polar surface area (TPSA) is 70.7 Å². The Bertz CT molecular complexity index is 763. The summed E-state index contributed by atoms with van der Waals surface area (Å²) in [5.74, 6) is 0.450. The number of carbonyl (C=O) groups is 2. The number of nitrogens with zero attached hydrogens (tertiary/aromatic N) is 1. The number of nitrogens with one attached hydrogen (secondary N) is 2. The first-order chi connectivity index (χ1) is 12.6. The van der Waals surface area contributed by atoms with E-state index in [-0.39, 0.29) is 17.9 Å². The molecule has 2 atom stereocenters. The number of piperazine rings is 1. The molecule has 2 N–H and O–H groups in total. The van der Waals surface area contributed by atoms with Crippen molar-refractivity contribution in [2.45, 2.75) is 19.0 Å². The average molecular weight is 373 g/mol. The van der Waals surface area contributed by atoms with Gasteiger partial charge in [0.1, 0.15) is 11.8 Å². The number of para-hydroxylation sites is 1. The summed E-state index contributed by atoms with van der Waals surface area (Å²) >= 11 is 1.36. The van der Waals surface area contributed by atoms with Crippen molar-refractivity contribution in [1.82, 2.24) is 15.5 Å². The van der Waals surface area contributed by atoms with E-state index in [1.807, 2.05) is 40.6 Å². The molecule has 2 aromatic rings. The number of thiophene rings is 1. The number of hydrogen-bond donors (Lipinski definition) is 2. The van der Waals surface area contributed by atoms with Crippen molar-refractivity contribution in [2.24, 2.45) is 0 Å². The maximum absolute atomic E-state index is 13.0. The molecule has 0 aliphatic carbocycles. The van der Waals surface area contributed by atoms with Gasteiger partial charge in [0.05, 0.1) is 18.0 Å². The first-order valence-electron chi connectivity index (χ1n) is 8.60. The molecule has 7 heteroatoms. The lowest BCUT2D eigenvalue weighted by molar-refractivity contribution is -0.136. The van der Waals surface area contributed by atoms with Crippen molar-refractivity contribution in [1.29, 1.82) is 0 Å². The third-order valence-electron chi connectivity index (χ3n) is 4.49. The van der Waals surface area contributed by atoms with E-state index in [2.05, 4.69) is 10.6 Å². The minimum atomic E-state index is -0.597. The highest BCUT2D eigenvalue weighted by Gasteiger charge is 2.32. The van der Waals surface area contributed by atoms with Gasteiger partial charge in [-0.3, -0.25) is 9.59 Å². The van der Waals surface area contributed by atoms with E-state index in [4.69, 9.17) is 4.74 Å². The van der Waals surface area contributed by atoms with E-state index < -0.39 is 6.04 Å². The number of carbonyl (C=O) groups excluding carboxylic acids is 2. The van der Waals surface area contributed by atoms with E-state index in [0.29, 0.717) is 18.0 Å². The van der Waals surface area contributed by atoms with Crippen LogP contribution in [0, 0.1) is 0 Å². The molecule has 6 nitrogen and oxygen atoms in total. The predicted molar refractivity (Wildman–Crippen MR) is 102 cm³/mol. The third-order valence-corrected chi connectivity index (χ3v) is 5.36. The van der Waals surface area contributed by atoms with Crippen LogP contribution in [0.5, 0.6) is 5.75 Å². The summed E-state index contributed by atoms with van der Waals surface area (Å²) in [6.07, 6.45) is 0. The van der Waals surface area contributed by atoms with Gasteiger partial charge in [-0.05, 0) is 24.4 Å². The lowest BCUT2D eigenvalue weighted by Gasteiger charge is -2.38. The van der Waals surface area contributed by atoms with Crippen molar-refractivity contribution in [3.63, 3.8) is 0 Å². The summed E-state index contributed by atoms with van der Waals surface area (Å²) in [4.78, 5) is 27.7. The van der Waals surface area contributed by atoms with Crippen LogP contribution in [0.3, 0.4) is 0 Å². The van der Waals surface area contributed by atoms with Gasteiger partial charge in [-0.15, -0.1) is 11.3 Å². The zero-order valence-corrected chi connectivity index (χ0v) is 15.7. The summed E-state index contributed by atoms with van der Waals surface area (Å²) in [7, 11) is 1.63. The Labute approximate surface area is 157 Å². The molecular formula is C19H23N3O3S. The van der Waals surface area contributed by atoms with Gasteiger partial charge in [-0.2, -0.15) is 0 Å².